The maximum atomic E-state index is 12.7. The number of anilines is 1. The first-order valence-electron chi connectivity index (χ1n) is 6.46. The lowest BCUT2D eigenvalue weighted by molar-refractivity contribution is -0.137. The van der Waals surface area contributed by atoms with Crippen LogP contribution in [-0.4, -0.2) is 38.1 Å². The number of piperidine rings is 1. The second kappa shape index (κ2) is 5.41. The summed E-state index contributed by atoms with van der Waals surface area (Å²) in [4.78, 5) is 4.18. The fourth-order valence-corrected chi connectivity index (χ4v) is 2.49. The molecule has 0 radical (unpaired) electrons. The number of rotatable bonds is 2. The van der Waals surface area contributed by atoms with E-state index in [1.807, 2.05) is 19.0 Å². The van der Waals surface area contributed by atoms with Crippen molar-refractivity contribution in [1.29, 1.82) is 0 Å². The molecule has 1 saturated heterocycles. The van der Waals surface area contributed by atoms with E-state index in [1.54, 1.807) is 6.07 Å². The van der Waals surface area contributed by atoms with Crippen molar-refractivity contribution < 1.29 is 13.2 Å². The first-order chi connectivity index (χ1) is 8.88. The molecule has 106 valence electrons. The van der Waals surface area contributed by atoms with E-state index in [2.05, 4.69) is 4.90 Å². The van der Waals surface area contributed by atoms with Crippen molar-refractivity contribution >= 4 is 5.69 Å². The van der Waals surface area contributed by atoms with E-state index >= 15 is 0 Å². The Balaban J connectivity index is 2.17. The van der Waals surface area contributed by atoms with Gasteiger partial charge < -0.3 is 9.80 Å². The van der Waals surface area contributed by atoms with Crippen molar-refractivity contribution in [2.75, 3.05) is 32.1 Å². The Morgan fingerprint density at radius 2 is 2.00 bits per heavy atom. The largest absolute Gasteiger partial charge is 0.416 e. The molecule has 1 unspecified atom stereocenters. The summed E-state index contributed by atoms with van der Waals surface area (Å²) < 4.78 is 38.1. The zero-order valence-electron chi connectivity index (χ0n) is 11.2. The molecule has 0 spiro atoms. The Morgan fingerprint density at radius 3 is 2.63 bits per heavy atom. The fourth-order valence-electron chi connectivity index (χ4n) is 2.49. The van der Waals surface area contributed by atoms with Crippen LogP contribution < -0.4 is 4.90 Å². The predicted octanol–water partition coefficient (Wildman–Crippen LogP) is 3.24. The summed E-state index contributed by atoms with van der Waals surface area (Å²) in [6.07, 6.45) is -2.16. The number of hydrogen-bond donors (Lipinski definition) is 0. The highest BCUT2D eigenvalue weighted by molar-refractivity contribution is 5.49. The van der Waals surface area contributed by atoms with Gasteiger partial charge >= 0.3 is 6.18 Å². The predicted molar refractivity (Wildman–Crippen MR) is 70.4 cm³/mol. The van der Waals surface area contributed by atoms with E-state index in [9.17, 15) is 13.2 Å². The van der Waals surface area contributed by atoms with E-state index in [-0.39, 0.29) is 0 Å². The molecule has 19 heavy (non-hydrogen) atoms. The molecule has 1 aliphatic heterocycles. The molecule has 1 aromatic carbocycles. The quantitative estimate of drug-likeness (QED) is 0.815. The van der Waals surface area contributed by atoms with Crippen LogP contribution in [0.1, 0.15) is 18.4 Å². The molecule has 0 amide bonds. The molecule has 1 fully saturated rings. The summed E-state index contributed by atoms with van der Waals surface area (Å²) in [5.74, 6) is 0. The molecule has 1 aromatic rings. The second-order valence-corrected chi connectivity index (χ2v) is 5.25. The average molecular weight is 272 g/mol. The summed E-state index contributed by atoms with van der Waals surface area (Å²) in [5.41, 5.74) is 0.0957. The number of benzene rings is 1. The van der Waals surface area contributed by atoms with Crippen LogP contribution in [0.15, 0.2) is 24.3 Å². The summed E-state index contributed by atoms with van der Waals surface area (Å²) in [6, 6.07) is 6.02. The van der Waals surface area contributed by atoms with E-state index < -0.39 is 11.7 Å². The molecular weight excluding hydrogens is 253 g/mol. The highest BCUT2D eigenvalue weighted by Gasteiger charge is 2.31. The molecule has 0 aromatic heterocycles. The monoisotopic (exact) mass is 272 g/mol. The third-order valence-electron chi connectivity index (χ3n) is 3.67. The standard InChI is InChI=1S/C14H19F3N2/c1-18(2)13-7-4-8-19(10-13)12-6-3-5-11(9-12)14(15,16)17/h3,5-6,9,13H,4,7-8,10H2,1-2H3. The van der Waals surface area contributed by atoms with Crippen LogP contribution in [0, 0.1) is 0 Å². The van der Waals surface area contributed by atoms with Crippen molar-refractivity contribution in [1.82, 2.24) is 4.90 Å². The lowest BCUT2D eigenvalue weighted by Gasteiger charge is -2.37. The molecule has 2 nitrogen and oxygen atoms in total. The van der Waals surface area contributed by atoms with Gasteiger partial charge in [-0.1, -0.05) is 6.07 Å². The van der Waals surface area contributed by atoms with Crippen LogP contribution in [0.2, 0.25) is 0 Å². The van der Waals surface area contributed by atoms with Crippen LogP contribution in [0.3, 0.4) is 0 Å². The molecular formula is C14H19F3N2. The zero-order chi connectivity index (χ0) is 14.0. The smallest absolute Gasteiger partial charge is 0.370 e. The molecule has 1 heterocycles. The number of alkyl halides is 3. The van der Waals surface area contributed by atoms with Crippen LogP contribution in [-0.2, 0) is 6.18 Å². The van der Waals surface area contributed by atoms with Gasteiger partial charge in [-0.25, -0.2) is 0 Å². The van der Waals surface area contributed by atoms with Crippen molar-refractivity contribution in [2.45, 2.75) is 25.1 Å². The molecule has 1 aliphatic rings. The number of halogens is 3. The first kappa shape index (κ1) is 14.2. The molecule has 0 N–H and O–H groups in total. The van der Waals surface area contributed by atoms with Gasteiger partial charge in [-0.3, -0.25) is 0 Å². The first-order valence-corrected chi connectivity index (χ1v) is 6.46. The Hall–Kier alpha value is -1.23. The van der Waals surface area contributed by atoms with Crippen LogP contribution in [0.4, 0.5) is 18.9 Å². The van der Waals surface area contributed by atoms with Gasteiger partial charge in [0, 0.05) is 24.8 Å². The number of hydrogen-bond acceptors (Lipinski definition) is 2. The lowest BCUT2D eigenvalue weighted by Crippen LogP contribution is -2.45. The Labute approximate surface area is 111 Å². The van der Waals surface area contributed by atoms with Crippen LogP contribution in [0.25, 0.3) is 0 Å². The average Bonchev–Trinajstić information content (AvgIpc) is 2.38. The highest BCUT2D eigenvalue weighted by atomic mass is 19.4. The third-order valence-corrected chi connectivity index (χ3v) is 3.67. The van der Waals surface area contributed by atoms with Gasteiger partial charge in [0.1, 0.15) is 0 Å². The number of nitrogens with zero attached hydrogens (tertiary/aromatic N) is 2. The number of likely N-dealkylation sites (N-methyl/N-ethyl adjacent to an activating group) is 1. The molecule has 0 bridgehead atoms. The van der Waals surface area contributed by atoms with Crippen molar-refractivity contribution in [3.8, 4) is 0 Å². The summed E-state index contributed by atoms with van der Waals surface area (Å²) in [5, 5.41) is 0. The Kier molecular flexibility index (Phi) is 4.04. The normalized spacial score (nSPS) is 20.9. The highest BCUT2D eigenvalue weighted by Crippen LogP contribution is 2.32. The van der Waals surface area contributed by atoms with Gasteiger partial charge in [0.15, 0.2) is 0 Å². The lowest BCUT2D eigenvalue weighted by atomic mass is 10.0. The van der Waals surface area contributed by atoms with Gasteiger partial charge in [-0.15, -0.1) is 0 Å². The van der Waals surface area contributed by atoms with Gasteiger partial charge in [-0.2, -0.15) is 13.2 Å². The Morgan fingerprint density at radius 1 is 1.26 bits per heavy atom. The maximum Gasteiger partial charge on any atom is 0.416 e. The van der Waals surface area contributed by atoms with Gasteiger partial charge in [0.25, 0.3) is 0 Å². The van der Waals surface area contributed by atoms with E-state index in [1.165, 1.54) is 12.1 Å². The van der Waals surface area contributed by atoms with Gasteiger partial charge in [-0.05, 0) is 45.1 Å². The Bertz CT molecular complexity index is 429. The molecule has 0 aliphatic carbocycles. The molecule has 5 heteroatoms. The minimum Gasteiger partial charge on any atom is -0.370 e. The topological polar surface area (TPSA) is 6.48 Å². The summed E-state index contributed by atoms with van der Waals surface area (Å²) in [7, 11) is 4.03. The molecule has 2 rings (SSSR count). The minimum absolute atomic E-state index is 0.406. The third kappa shape index (κ3) is 3.41. The van der Waals surface area contributed by atoms with Gasteiger partial charge in [0.05, 0.1) is 5.56 Å². The second-order valence-electron chi connectivity index (χ2n) is 5.25. The minimum atomic E-state index is -4.27. The van der Waals surface area contributed by atoms with Crippen molar-refractivity contribution in [3.05, 3.63) is 29.8 Å². The van der Waals surface area contributed by atoms with Crippen LogP contribution in [0.5, 0.6) is 0 Å². The van der Waals surface area contributed by atoms with E-state index in [0.29, 0.717) is 11.7 Å². The molecule has 1 atom stereocenters. The maximum absolute atomic E-state index is 12.7. The van der Waals surface area contributed by atoms with E-state index in [0.717, 1.165) is 32.0 Å². The summed E-state index contributed by atoms with van der Waals surface area (Å²) >= 11 is 0. The fraction of sp³-hybridized carbons (Fsp3) is 0.571. The molecule has 0 saturated carbocycles. The van der Waals surface area contributed by atoms with Crippen LogP contribution >= 0.6 is 0 Å². The summed E-state index contributed by atoms with van der Waals surface area (Å²) in [6.45, 7) is 1.61. The van der Waals surface area contributed by atoms with Crippen molar-refractivity contribution in [2.24, 2.45) is 0 Å². The van der Waals surface area contributed by atoms with E-state index in [4.69, 9.17) is 0 Å². The van der Waals surface area contributed by atoms with Gasteiger partial charge in [0.2, 0.25) is 0 Å². The van der Waals surface area contributed by atoms with Crippen molar-refractivity contribution in [3.63, 3.8) is 0 Å². The SMILES string of the molecule is CN(C)C1CCCN(c2cccc(C(F)(F)F)c2)C1. The zero-order valence-corrected chi connectivity index (χ0v) is 11.2.